The van der Waals surface area contributed by atoms with Gasteiger partial charge in [-0.2, -0.15) is 9.83 Å². The molecular weight excluding hydrogens is 392 g/mol. The molecule has 158 valence electrons. The molecule has 0 saturated heterocycles. The van der Waals surface area contributed by atoms with E-state index >= 15 is 0 Å². The molecule has 0 radical (unpaired) electrons. The molecule has 0 aliphatic heterocycles. The number of carbonyl (C=O) groups excluding carboxylic acids is 1. The molecule has 0 aliphatic carbocycles. The average molecular weight is 416 g/mol. The average Bonchev–Trinajstić information content (AvgIpc) is 3.16. The molecule has 4 aromatic rings. The molecular formula is C24H24N4O3. The van der Waals surface area contributed by atoms with Crippen LogP contribution >= 0.6 is 0 Å². The topological polar surface area (TPSA) is 81.6 Å². The molecule has 7 nitrogen and oxygen atoms in total. The Labute approximate surface area is 179 Å². The zero-order valence-corrected chi connectivity index (χ0v) is 17.3. The molecule has 7 heteroatoms. The monoisotopic (exact) mass is 416 g/mol. The summed E-state index contributed by atoms with van der Waals surface area (Å²) in [5, 5.41) is 15.5. The summed E-state index contributed by atoms with van der Waals surface area (Å²) < 4.78 is 8.11. The third-order valence-corrected chi connectivity index (χ3v) is 4.93. The van der Waals surface area contributed by atoms with Gasteiger partial charge in [0.05, 0.1) is 17.7 Å². The number of aromatic nitrogens is 3. The first-order valence-corrected chi connectivity index (χ1v) is 10.3. The Balaban J connectivity index is 1.64. The van der Waals surface area contributed by atoms with Crippen LogP contribution in [0.2, 0.25) is 0 Å². The molecule has 0 amide bonds. The van der Waals surface area contributed by atoms with E-state index in [0.717, 1.165) is 33.3 Å². The highest BCUT2D eigenvalue weighted by atomic mass is 16.5. The van der Waals surface area contributed by atoms with Crippen molar-refractivity contribution in [1.29, 1.82) is 0 Å². The first kappa shape index (κ1) is 20.4. The predicted molar refractivity (Wildman–Crippen MR) is 118 cm³/mol. The first-order valence-electron chi connectivity index (χ1n) is 10.3. The summed E-state index contributed by atoms with van der Waals surface area (Å²) in [4.78, 5) is 16.7. The minimum Gasteiger partial charge on any atom is -0.462 e. The lowest BCUT2D eigenvalue weighted by molar-refractivity contribution is 0.0526. The molecule has 2 aromatic heterocycles. The SMILES string of the molecule is CCOC(=O)c1ccc2c(c1)c(-c1ccccc1)nn2CCCN=c1ccccn1O. The van der Waals surface area contributed by atoms with Crippen molar-refractivity contribution in [3.05, 3.63) is 84.0 Å². The number of rotatable bonds is 7. The second kappa shape index (κ2) is 9.30. The van der Waals surface area contributed by atoms with Crippen LogP contribution in [-0.4, -0.2) is 38.8 Å². The molecule has 0 spiro atoms. The van der Waals surface area contributed by atoms with Gasteiger partial charge in [-0.1, -0.05) is 36.4 Å². The van der Waals surface area contributed by atoms with Crippen LogP contribution in [0.4, 0.5) is 0 Å². The van der Waals surface area contributed by atoms with Crippen molar-refractivity contribution in [3.8, 4) is 11.3 Å². The Hall–Kier alpha value is -3.87. The van der Waals surface area contributed by atoms with Gasteiger partial charge in [-0.3, -0.25) is 9.67 Å². The lowest BCUT2D eigenvalue weighted by Crippen LogP contribution is -2.17. The van der Waals surface area contributed by atoms with E-state index in [9.17, 15) is 10.0 Å². The summed E-state index contributed by atoms with van der Waals surface area (Å²) in [5.74, 6) is -0.338. The highest BCUT2D eigenvalue weighted by Crippen LogP contribution is 2.29. The van der Waals surface area contributed by atoms with E-state index in [1.54, 1.807) is 31.3 Å². The molecule has 31 heavy (non-hydrogen) atoms. The van der Waals surface area contributed by atoms with Crippen LogP contribution in [0.5, 0.6) is 0 Å². The maximum Gasteiger partial charge on any atom is 0.338 e. The van der Waals surface area contributed by atoms with Crippen molar-refractivity contribution in [3.63, 3.8) is 0 Å². The van der Waals surface area contributed by atoms with Gasteiger partial charge in [-0.05, 0) is 43.7 Å². The van der Waals surface area contributed by atoms with Gasteiger partial charge in [0.15, 0.2) is 5.49 Å². The number of benzene rings is 2. The predicted octanol–water partition coefficient (Wildman–Crippen LogP) is 3.91. The Bertz CT molecular complexity index is 1260. The van der Waals surface area contributed by atoms with E-state index < -0.39 is 0 Å². The molecule has 4 rings (SSSR count). The van der Waals surface area contributed by atoms with Crippen LogP contribution in [0, 0.1) is 0 Å². The van der Waals surface area contributed by atoms with Crippen LogP contribution in [-0.2, 0) is 11.3 Å². The molecule has 0 bridgehead atoms. The van der Waals surface area contributed by atoms with E-state index in [2.05, 4.69) is 4.99 Å². The Morgan fingerprint density at radius 1 is 1.10 bits per heavy atom. The van der Waals surface area contributed by atoms with Gasteiger partial charge in [0.25, 0.3) is 0 Å². The minimum atomic E-state index is -0.338. The Kier molecular flexibility index (Phi) is 6.12. The normalized spacial score (nSPS) is 11.7. The van der Waals surface area contributed by atoms with E-state index in [4.69, 9.17) is 9.84 Å². The molecule has 0 atom stereocenters. The molecule has 0 aliphatic rings. The number of carbonyl (C=O) groups is 1. The number of nitrogens with zero attached hydrogens (tertiary/aromatic N) is 4. The molecule has 1 N–H and O–H groups in total. The maximum atomic E-state index is 12.2. The van der Waals surface area contributed by atoms with Gasteiger partial charge in [-0.15, -0.1) is 0 Å². The van der Waals surface area contributed by atoms with Crippen molar-refractivity contribution in [2.45, 2.75) is 19.9 Å². The highest BCUT2D eigenvalue weighted by molar-refractivity contribution is 5.99. The molecule has 2 heterocycles. The maximum absolute atomic E-state index is 12.2. The van der Waals surface area contributed by atoms with E-state index in [1.165, 1.54) is 0 Å². The lowest BCUT2D eigenvalue weighted by Gasteiger charge is -2.04. The smallest absolute Gasteiger partial charge is 0.338 e. The van der Waals surface area contributed by atoms with E-state index in [-0.39, 0.29) is 5.97 Å². The quantitative estimate of drug-likeness (QED) is 0.281. The van der Waals surface area contributed by atoms with Crippen molar-refractivity contribution < 1.29 is 14.7 Å². The standard InChI is InChI=1S/C24H24N4O3/c1-2-31-24(29)19-12-13-21-20(17-19)23(18-9-4-3-5-10-18)26-27(21)15-8-14-25-22-11-6-7-16-28(22)30/h3-7,9-13,16-17,30H,2,8,14-15H2,1H3. The first-order chi connectivity index (χ1) is 15.2. The number of aryl methyl sites for hydroxylation is 1. The van der Waals surface area contributed by atoms with Crippen molar-refractivity contribution in [2.75, 3.05) is 13.2 Å². The lowest BCUT2D eigenvalue weighted by atomic mass is 10.1. The Morgan fingerprint density at radius 2 is 1.90 bits per heavy atom. The number of hydrogen-bond acceptors (Lipinski definition) is 5. The second-order valence-corrected chi connectivity index (χ2v) is 7.03. The minimum absolute atomic E-state index is 0.334. The summed E-state index contributed by atoms with van der Waals surface area (Å²) in [6.45, 7) is 3.33. The van der Waals surface area contributed by atoms with Crippen molar-refractivity contribution in [1.82, 2.24) is 14.5 Å². The summed E-state index contributed by atoms with van der Waals surface area (Å²) in [5.41, 5.74) is 3.79. The van der Waals surface area contributed by atoms with Crippen LogP contribution in [0.15, 0.2) is 77.9 Å². The number of hydrogen-bond donors (Lipinski definition) is 1. The number of ether oxygens (including phenoxy) is 1. The van der Waals surface area contributed by atoms with Gasteiger partial charge in [0, 0.05) is 30.2 Å². The van der Waals surface area contributed by atoms with Crippen LogP contribution in [0.3, 0.4) is 0 Å². The zero-order valence-electron chi connectivity index (χ0n) is 17.3. The van der Waals surface area contributed by atoms with Crippen molar-refractivity contribution >= 4 is 16.9 Å². The molecule has 0 saturated carbocycles. The van der Waals surface area contributed by atoms with Crippen molar-refractivity contribution in [2.24, 2.45) is 4.99 Å². The third-order valence-electron chi connectivity index (χ3n) is 4.93. The van der Waals surface area contributed by atoms with Gasteiger partial charge in [0.2, 0.25) is 0 Å². The van der Waals surface area contributed by atoms with Crippen LogP contribution < -0.4 is 5.49 Å². The third kappa shape index (κ3) is 4.50. The second-order valence-electron chi connectivity index (χ2n) is 7.03. The number of fused-ring (bicyclic) bond motifs is 1. The fraction of sp³-hybridized carbons (Fsp3) is 0.208. The molecule has 2 aromatic carbocycles. The van der Waals surface area contributed by atoms with Gasteiger partial charge >= 0.3 is 5.97 Å². The number of esters is 1. The Morgan fingerprint density at radius 3 is 2.68 bits per heavy atom. The zero-order chi connectivity index (χ0) is 21.6. The highest BCUT2D eigenvalue weighted by Gasteiger charge is 2.15. The van der Waals surface area contributed by atoms with Gasteiger partial charge in [-0.25, -0.2) is 4.79 Å². The molecule has 0 fully saturated rings. The van der Waals surface area contributed by atoms with E-state index in [0.29, 0.717) is 30.7 Å². The summed E-state index contributed by atoms with van der Waals surface area (Å²) in [6, 6.07) is 20.8. The van der Waals surface area contributed by atoms with Crippen LogP contribution in [0.25, 0.3) is 22.2 Å². The number of pyridine rings is 1. The van der Waals surface area contributed by atoms with E-state index in [1.807, 2.05) is 53.2 Å². The largest absolute Gasteiger partial charge is 0.462 e. The summed E-state index contributed by atoms with van der Waals surface area (Å²) >= 11 is 0. The summed E-state index contributed by atoms with van der Waals surface area (Å²) in [7, 11) is 0. The van der Waals surface area contributed by atoms with Gasteiger partial charge < -0.3 is 9.94 Å². The summed E-state index contributed by atoms with van der Waals surface area (Å²) in [6.07, 6.45) is 2.30. The van der Waals surface area contributed by atoms with Gasteiger partial charge in [0.1, 0.15) is 5.69 Å². The van der Waals surface area contributed by atoms with Crippen LogP contribution in [0.1, 0.15) is 23.7 Å². The fourth-order valence-electron chi connectivity index (χ4n) is 3.47. The fourth-order valence-corrected chi connectivity index (χ4v) is 3.47. The molecule has 0 unspecified atom stereocenters.